The molecule has 2 rings (SSSR count). The van der Waals surface area contributed by atoms with Crippen LogP contribution in [0.2, 0.25) is 0 Å². The maximum atomic E-state index is 12.2. The molecule has 5 nitrogen and oxygen atoms in total. The number of aliphatic hydroxyl groups is 1. The van der Waals surface area contributed by atoms with E-state index in [0.29, 0.717) is 18.7 Å². The van der Waals surface area contributed by atoms with Crippen molar-refractivity contribution in [3.05, 3.63) is 29.8 Å². The Bertz CT molecular complexity index is 417. The number of benzene rings is 1. The van der Waals surface area contributed by atoms with Gasteiger partial charge in [-0.25, -0.2) is 0 Å². The molecule has 1 aliphatic heterocycles. The summed E-state index contributed by atoms with van der Waals surface area (Å²) in [5, 5.41) is 9.53. The monoisotopic (exact) mass is 249 g/mol. The lowest BCUT2D eigenvalue weighted by Crippen LogP contribution is -2.30. The second-order valence-electron chi connectivity index (χ2n) is 4.76. The third-order valence-electron chi connectivity index (χ3n) is 3.49. The second-order valence-corrected chi connectivity index (χ2v) is 4.76. The number of carbonyl (C=O) groups excluding carboxylic acids is 1. The Hall–Kier alpha value is -1.59. The Labute approximate surface area is 107 Å². The van der Waals surface area contributed by atoms with Gasteiger partial charge in [0, 0.05) is 30.3 Å². The summed E-state index contributed by atoms with van der Waals surface area (Å²) in [5.74, 6) is 5.49. The molecule has 0 spiro atoms. The summed E-state index contributed by atoms with van der Waals surface area (Å²) in [6.07, 6.45) is 0.512. The Morgan fingerprint density at radius 2 is 2.17 bits per heavy atom. The van der Waals surface area contributed by atoms with Crippen molar-refractivity contribution in [2.45, 2.75) is 19.4 Å². The highest BCUT2D eigenvalue weighted by molar-refractivity contribution is 5.94. The van der Waals surface area contributed by atoms with Gasteiger partial charge in [0.1, 0.15) is 0 Å². The number of nitrogens with two attached hydrogens (primary N) is 1. The molecule has 98 valence electrons. The van der Waals surface area contributed by atoms with E-state index < -0.39 is 0 Å². The van der Waals surface area contributed by atoms with Crippen LogP contribution in [0.5, 0.6) is 0 Å². The van der Waals surface area contributed by atoms with E-state index in [1.807, 2.05) is 0 Å². The predicted molar refractivity (Wildman–Crippen MR) is 69.9 cm³/mol. The van der Waals surface area contributed by atoms with Crippen LogP contribution < -0.4 is 11.3 Å². The molecular weight excluding hydrogens is 230 g/mol. The largest absolute Gasteiger partial charge is 0.393 e. The number of likely N-dealkylation sites (tertiary alicyclic amines) is 1. The maximum Gasteiger partial charge on any atom is 0.253 e. The van der Waals surface area contributed by atoms with Gasteiger partial charge in [-0.15, -0.1) is 0 Å². The summed E-state index contributed by atoms with van der Waals surface area (Å²) in [6.45, 7) is 3.12. The van der Waals surface area contributed by atoms with Crippen molar-refractivity contribution in [2.24, 2.45) is 11.8 Å². The first kappa shape index (κ1) is 12.9. The number of carbonyl (C=O) groups is 1. The molecule has 0 aromatic heterocycles. The van der Waals surface area contributed by atoms with Crippen molar-refractivity contribution in [1.29, 1.82) is 0 Å². The number of nitrogens with one attached hydrogen (secondary N) is 1. The Balaban J connectivity index is 2.03. The minimum Gasteiger partial charge on any atom is -0.393 e. The topological polar surface area (TPSA) is 78.6 Å². The summed E-state index contributed by atoms with van der Waals surface area (Å²) < 4.78 is 0. The van der Waals surface area contributed by atoms with Crippen molar-refractivity contribution >= 4 is 11.6 Å². The highest BCUT2D eigenvalue weighted by Crippen LogP contribution is 2.21. The van der Waals surface area contributed by atoms with Gasteiger partial charge in [0.15, 0.2) is 0 Å². The first-order valence-electron chi connectivity index (χ1n) is 6.16. The fourth-order valence-corrected chi connectivity index (χ4v) is 2.26. The highest BCUT2D eigenvalue weighted by atomic mass is 16.3. The fourth-order valence-electron chi connectivity index (χ4n) is 2.26. The number of hydrogen-bond donors (Lipinski definition) is 3. The zero-order valence-electron chi connectivity index (χ0n) is 10.5. The fraction of sp³-hybridized carbons (Fsp3) is 0.462. The molecule has 0 aliphatic carbocycles. The van der Waals surface area contributed by atoms with E-state index >= 15 is 0 Å². The summed E-state index contributed by atoms with van der Waals surface area (Å²) in [5.41, 5.74) is 3.95. The highest BCUT2D eigenvalue weighted by Gasteiger charge is 2.29. The molecule has 2 unspecified atom stereocenters. The molecule has 0 radical (unpaired) electrons. The lowest BCUT2D eigenvalue weighted by atomic mass is 10.0. The maximum absolute atomic E-state index is 12.2. The third kappa shape index (κ3) is 2.63. The van der Waals surface area contributed by atoms with E-state index in [0.717, 1.165) is 12.1 Å². The molecule has 5 heteroatoms. The molecule has 1 amide bonds. The first-order chi connectivity index (χ1) is 8.61. The van der Waals surface area contributed by atoms with E-state index in [9.17, 15) is 9.90 Å². The van der Waals surface area contributed by atoms with Crippen molar-refractivity contribution in [2.75, 3.05) is 18.5 Å². The second kappa shape index (κ2) is 5.37. The molecule has 1 saturated heterocycles. The number of anilines is 1. The number of aliphatic hydroxyl groups excluding tert-OH is 1. The lowest BCUT2D eigenvalue weighted by molar-refractivity contribution is 0.0762. The van der Waals surface area contributed by atoms with Gasteiger partial charge < -0.3 is 15.4 Å². The molecule has 1 fully saturated rings. The van der Waals surface area contributed by atoms with E-state index in [1.165, 1.54) is 0 Å². The summed E-state index contributed by atoms with van der Waals surface area (Å²) in [4.78, 5) is 14.0. The van der Waals surface area contributed by atoms with Gasteiger partial charge in [0.05, 0.1) is 6.10 Å². The van der Waals surface area contributed by atoms with Gasteiger partial charge in [-0.1, -0.05) is 0 Å². The summed E-state index contributed by atoms with van der Waals surface area (Å²) in [7, 11) is 0. The smallest absolute Gasteiger partial charge is 0.253 e. The molecule has 1 aromatic rings. The zero-order valence-corrected chi connectivity index (χ0v) is 10.5. The SMILES string of the molecule is CC(O)C1CCN(C(=O)c2ccc(NN)cc2)C1. The molecule has 4 N–H and O–H groups in total. The first-order valence-corrected chi connectivity index (χ1v) is 6.16. The van der Waals surface area contributed by atoms with Crippen molar-refractivity contribution in [1.82, 2.24) is 4.90 Å². The molecular formula is C13H19N3O2. The standard InChI is InChI=1S/C13H19N3O2/c1-9(17)11-6-7-16(8-11)13(18)10-2-4-12(15-14)5-3-10/h2-5,9,11,15,17H,6-8,14H2,1H3. The van der Waals surface area contributed by atoms with E-state index in [1.54, 1.807) is 36.1 Å². The Kier molecular flexibility index (Phi) is 3.84. The quantitative estimate of drug-likeness (QED) is 0.547. The third-order valence-corrected chi connectivity index (χ3v) is 3.49. The van der Waals surface area contributed by atoms with Crippen LogP contribution in [0.3, 0.4) is 0 Å². The minimum atomic E-state index is -0.355. The van der Waals surface area contributed by atoms with Crippen LogP contribution in [0.4, 0.5) is 5.69 Å². The molecule has 0 bridgehead atoms. The molecule has 1 heterocycles. The summed E-state index contributed by atoms with van der Waals surface area (Å²) >= 11 is 0. The molecule has 2 atom stereocenters. The van der Waals surface area contributed by atoms with Crippen LogP contribution >= 0.6 is 0 Å². The van der Waals surface area contributed by atoms with Crippen molar-refractivity contribution < 1.29 is 9.90 Å². The average Bonchev–Trinajstić information content (AvgIpc) is 2.88. The van der Waals surface area contributed by atoms with Gasteiger partial charge in [0.2, 0.25) is 0 Å². The predicted octanol–water partition coefficient (Wildman–Crippen LogP) is 0.815. The van der Waals surface area contributed by atoms with Crippen LogP contribution in [0.15, 0.2) is 24.3 Å². The van der Waals surface area contributed by atoms with Crippen LogP contribution in [0.1, 0.15) is 23.7 Å². The molecule has 1 aliphatic rings. The Morgan fingerprint density at radius 3 is 2.67 bits per heavy atom. The van der Waals surface area contributed by atoms with Gasteiger partial charge in [0.25, 0.3) is 5.91 Å². The number of nitrogen functional groups attached to an aromatic ring is 1. The average molecular weight is 249 g/mol. The lowest BCUT2D eigenvalue weighted by Gasteiger charge is -2.18. The van der Waals surface area contributed by atoms with Gasteiger partial charge in [-0.05, 0) is 37.6 Å². The van der Waals surface area contributed by atoms with E-state index in [4.69, 9.17) is 5.84 Å². The summed E-state index contributed by atoms with van der Waals surface area (Å²) in [6, 6.07) is 7.06. The van der Waals surface area contributed by atoms with E-state index in [-0.39, 0.29) is 17.9 Å². The van der Waals surface area contributed by atoms with Gasteiger partial charge in [-0.3, -0.25) is 10.6 Å². The molecule has 1 aromatic carbocycles. The zero-order chi connectivity index (χ0) is 13.1. The van der Waals surface area contributed by atoms with Crippen LogP contribution in [-0.4, -0.2) is 35.1 Å². The van der Waals surface area contributed by atoms with Crippen LogP contribution in [0.25, 0.3) is 0 Å². The van der Waals surface area contributed by atoms with Gasteiger partial charge >= 0.3 is 0 Å². The molecule has 0 saturated carbocycles. The van der Waals surface area contributed by atoms with Gasteiger partial charge in [-0.2, -0.15) is 0 Å². The minimum absolute atomic E-state index is 0.0155. The van der Waals surface area contributed by atoms with Crippen LogP contribution in [0, 0.1) is 5.92 Å². The number of amides is 1. The number of nitrogens with zero attached hydrogens (tertiary/aromatic N) is 1. The Morgan fingerprint density at radius 1 is 1.50 bits per heavy atom. The molecule has 18 heavy (non-hydrogen) atoms. The normalized spacial score (nSPS) is 20.8. The van der Waals surface area contributed by atoms with E-state index in [2.05, 4.69) is 5.43 Å². The van der Waals surface area contributed by atoms with Crippen molar-refractivity contribution in [3.63, 3.8) is 0 Å². The number of hydrogen-bond acceptors (Lipinski definition) is 4. The number of rotatable bonds is 3. The van der Waals surface area contributed by atoms with Crippen molar-refractivity contribution in [3.8, 4) is 0 Å². The van der Waals surface area contributed by atoms with Crippen LogP contribution in [-0.2, 0) is 0 Å². The number of hydrazine groups is 1.